The average Bonchev–Trinajstić information content (AvgIpc) is 2.58. The predicted octanol–water partition coefficient (Wildman–Crippen LogP) is 3.13. The molecule has 1 heterocycles. The Bertz CT molecular complexity index is 409. The highest BCUT2D eigenvalue weighted by Crippen LogP contribution is 2.30. The molecule has 1 aliphatic rings. The Morgan fingerprint density at radius 2 is 1.95 bits per heavy atom. The summed E-state index contributed by atoms with van der Waals surface area (Å²) >= 11 is 0. The monoisotopic (exact) mass is 311 g/mol. The molecule has 1 aromatic rings. The minimum absolute atomic E-state index is 0.0382. The molecule has 0 unspecified atom stereocenters. The van der Waals surface area contributed by atoms with E-state index in [9.17, 15) is 4.79 Å². The summed E-state index contributed by atoms with van der Waals surface area (Å²) in [5.41, 5.74) is 1.25. The molecule has 1 aromatic carbocycles. The number of carbonyl (C=O) groups is 1. The smallest absolute Gasteiger partial charge is 0.331 e. The highest BCUT2D eigenvalue weighted by atomic mass is 16.6. The van der Waals surface area contributed by atoms with Crippen LogP contribution in [0.3, 0.4) is 0 Å². The maximum atomic E-state index is 10.1. The van der Waals surface area contributed by atoms with Crippen molar-refractivity contribution in [1.29, 1.82) is 0 Å². The van der Waals surface area contributed by atoms with Gasteiger partial charge in [0.05, 0.1) is 19.3 Å². The number of hydrogen-bond acceptors (Lipinski definition) is 5. The van der Waals surface area contributed by atoms with Gasteiger partial charge in [0.2, 0.25) is 0 Å². The van der Waals surface area contributed by atoms with Crippen molar-refractivity contribution in [3.8, 4) is 5.75 Å². The van der Waals surface area contributed by atoms with Gasteiger partial charge < -0.3 is 19.1 Å². The van der Waals surface area contributed by atoms with Crippen LogP contribution < -0.4 is 9.64 Å². The molecule has 0 spiro atoms. The summed E-state index contributed by atoms with van der Waals surface area (Å²) in [6, 6.07) is 8.26. The predicted molar refractivity (Wildman–Crippen MR) is 89.7 cm³/mol. The highest BCUT2D eigenvalue weighted by molar-refractivity contribution is 5.70. The fourth-order valence-electron chi connectivity index (χ4n) is 1.91. The van der Waals surface area contributed by atoms with E-state index in [0.717, 1.165) is 25.4 Å². The van der Waals surface area contributed by atoms with E-state index >= 15 is 0 Å². The summed E-state index contributed by atoms with van der Waals surface area (Å²) in [6.07, 6.45) is 1.19. The molecule has 0 aromatic heterocycles. The molecular weight excluding hydrogens is 282 g/mol. The molecule has 5 nitrogen and oxygen atoms in total. The second-order valence-corrected chi connectivity index (χ2v) is 4.31. The molecule has 0 fully saturated rings. The van der Waals surface area contributed by atoms with Crippen LogP contribution in [0.1, 0.15) is 27.2 Å². The van der Waals surface area contributed by atoms with Gasteiger partial charge in [-0.3, -0.25) is 0 Å². The van der Waals surface area contributed by atoms with Crippen LogP contribution in [-0.2, 0) is 14.3 Å². The van der Waals surface area contributed by atoms with E-state index < -0.39 is 0 Å². The van der Waals surface area contributed by atoms with Gasteiger partial charge in [-0.2, -0.15) is 0 Å². The van der Waals surface area contributed by atoms with Crippen molar-refractivity contribution in [3.05, 3.63) is 24.3 Å². The zero-order valence-corrected chi connectivity index (χ0v) is 14.4. The Hall–Kier alpha value is -1.75. The van der Waals surface area contributed by atoms with Crippen LogP contribution in [0.25, 0.3) is 0 Å². The molecular formula is C17H29NO4. The van der Waals surface area contributed by atoms with Gasteiger partial charge in [-0.1, -0.05) is 32.9 Å². The lowest BCUT2D eigenvalue weighted by Gasteiger charge is -2.30. The normalized spacial score (nSPS) is 11.8. The fourth-order valence-corrected chi connectivity index (χ4v) is 1.91. The third kappa shape index (κ3) is 7.31. The maximum absolute atomic E-state index is 10.1. The Morgan fingerprint density at radius 1 is 1.27 bits per heavy atom. The minimum Gasteiger partial charge on any atom is -0.490 e. The van der Waals surface area contributed by atoms with Gasteiger partial charge >= 0.3 is 5.97 Å². The van der Waals surface area contributed by atoms with E-state index in [1.807, 2.05) is 26.0 Å². The van der Waals surface area contributed by atoms with Gasteiger partial charge in [-0.05, 0) is 18.6 Å². The van der Waals surface area contributed by atoms with Crippen LogP contribution in [0.4, 0.5) is 5.69 Å². The quantitative estimate of drug-likeness (QED) is 0.800. The minimum atomic E-state index is -0.345. The van der Waals surface area contributed by atoms with E-state index in [1.54, 1.807) is 0 Å². The summed E-state index contributed by atoms with van der Waals surface area (Å²) in [7, 11) is 2.76. The number of nitrogens with zero attached hydrogens (tertiary/aromatic N) is 1. The van der Waals surface area contributed by atoms with E-state index in [4.69, 9.17) is 4.74 Å². The third-order valence-corrected chi connectivity index (χ3v) is 2.81. The number of benzene rings is 1. The number of esters is 1. The Balaban J connectivity index is 0.000000421. The first kappa shape index (κ1) is 20.2. The first-order valence-electron chi connectivity index (χ1n) is 7.75. The lowest BCUT2D eigenvalue weighted by atomic mass is 10.2. The van der Waals surface area contributed by atoms with Gasteiger partial charge in [0.25, 0.3) is 0 Å². The summed E-state index contributed by atoms with van der Waals surface area (Å²) in [5.74, 6) is 0.685. The van der Waals surface area contributed by atoms with Crippen molar-refractivity contribution in [3.63, 3.8) is 0 Å². The molecule has 2 rings (SSSR count). The van der Waals surface area contributed by atoms with Gasteiger partial charge in [-0.15, -0.1) is 0 Å². The van der Waals surface area contributed by atoms with Crippen molar-refractivity contribution in [1.82, 2.24) is 0 Å². The van der Waals surface area contributed by atoms with Crippen LogP contribution >= 0.6 is 0 Å². The first-order valence-corrected chi connectivity index (χ1v) is 7.75. The summed E-state index contributed by atoms with van der Waals surface area (Å²) < 4.78 is 14.2. The molecule has 0 saturated carbocycles. The SMILES string of the molecule is CC.CCCN1CCOc2ccccc21.COCC(=O)OC. The second-order valence-electron chi connectivity index (χ2n) is 4.31. The van der Waals surface area contributed by atoms with Crippen LogP contribution in [0.2, 0.25) is 0 Å². The topological polar surface area (TPSA) is 48.0 Å². The van der Waals surface area contributed by atoms with Gasteiger partial charge in [0.15, 0.2) is 0 Å². The molecule has 5 heteroatoms. The Kier molecular flexibility index (Phi) is 11.9. The average molecular weight is 311 g/mol. The van der Waals surface area contributed by atoms with Crippen LogP contribution in [0.5, 0.6) is 5.75 Å². The molecule has 0 N–H and O–H groups in total. The van der Waals surface area contributed by atoms with E-state index in [-0.39, 0.29) is 12.6 Å². The molecule has 0 amide bonds. The second kappa shape index (κ2) is 13.0. The largest absolute Gasteiger partial charge is 0.490 e. The number of hydrogen-bond donors (Lipinski definition) is 0. The number of para-hydroxylation sites is 2. The number of anilines is 1. The summed E-state index contributed by atoms with van der Waals surface area (Å²) in [5, 5.41) is 0. The number of ether oxygens (including phenoxy) is 3. The molecule has 0 bridgehead atoms. The zero-order chi connectivity index (χ0) is 16.8. The van der Waals surface area contributed by atoms with Crippen molar-refractivity contribution in [2.75, 3.05) is 45.4 Å². The lowest BCUT2D eigenvalue weighted by molar-refractivity contribution is -0.144. The van der Waals surface area contributed by atoms with Crippen LogP contribution in [0, 0.1) is 0 Å². The molecule has 1 aliphatic heterocycles. The Morgan fingerprint density at radius 3 is 2.50 bits per heavy atom. The lowest BCUT2D eigenvalue weighted by Crippen LogP contribution is -2.33. The molecule has 22 heavy (non-hydrogen) atoms. The summed E-state index contributed by atoms with van der Waals surface area (Å²) in [6.45, 7) is 9.21. The molecule has 126 valence electrons. The van der Waals surface area contributed by atoms with E-state index in [1.165, 1.54) is 26.3 Å². The highest BCUT2D eigenvalue weighted by Gasteiger charge is 2.15. The molecule has 0 radical (unpaired) electrons. The zero-order valence-electron chi connectivity index (χ0n) is 14.4. The van der Waals surface area contributed by atoms with Crippen molar-refractivity contribution in [2.45, 2.75) is 27.2 Å². The van der Waals surface area contributed by atoms with Gasteiger partial charge in [0, 0.05) is 13.7 Å². The third-order valence-electron chi connectivity index (χ3n) is 2.81. The van der Waals surface area contributed by atoms with E-state index in [0.29, 0.717) is 0 Å². The standard InChI is InChI=1S/C11H15NO.C4H8O3.C2H6/c1-2-7-12-8-9-13-11-6-4-3-5-10(11)12;1-6-3-4(5)7-2;1-2/h3-6H,2,7-9H2,1H3;3H2,1-2H3;1-2H3. The van der Waals surface area contributed by atoms with Crippen LogP contribution in [0.15, 0.2) is 24.3 Å². The summed E-state index contributed by atoms with van der Waals surface area (Å²) in [4.78, 5) is 12.5. The molecule has 0 saturated heterocycles. The number of methoxy groups -OCH3 is 2. The fraction of sp³-hybridized carbons (Fsp3) is 0.588. The van der Waals surface area contributed by atoms with Crippen molar-refractivity contribution < 1.29 is 19.0 Å². The first-order chi connectivity index (χ1) is 10.7. The number of fused-ring (bicyclic) bond motifs is 1. The molecule has 0 aliphatic carbocycles. The van der Waals surface area contributed by atoms with Gasteiger partial charge in [0.1, 0.15) is 19.0 Å². The maximum Gasteiger partial charge on any atom is 0.331 e. The van der Waals surface area contributed by atoms with Crippen molar-refractivity contribution >= 4 is 11.7 Å². The van der Waals surface area contributed by atoms with E-state index in [2.05, 4.69) is 33.4 Å². The van der Waals surface area contributed by atoms with Crippen LogP contribution in [-0.4, -0.2) is 46.5 Å². The Labute approximate surface area is 134 Å². The molecule has 0 atom stereocenters. The van der Waals surface area contributed by atoms with Gasteiger partial charge in [-0.25, -0.2) is 4.79 Å². The number of rotatable bonds is 4. The van der Waals surface area contributed by atoms with Crippen molar-refractivity contribution in [2.24, 2.45) is 0 Å². The number of carbonyl (C=O) groups excluding carboxylic acids is 1.